The summed E-state index contributed by atoms with van der Waals surface area (Å²) in [6, 6.07) is -1.65. The van der Waals surface area contributed by atoms with E-state index in [0.717, 1.165) is 11.3 Å². The van der Waals surface area contributed by atoms with Crippen molar-refractivity contribution in [1.29, 1.82) is 0 Å². The van der Waals surface area contributed by atoms with Crippen LogP contribution in [0.5, 0.6) is 0 Å². The van der Waals surface area contributed by atoms with Crippen molar-refractivity contribution in [3.63, 3.8) is 0 Å². The Morgan fingerprint density at radius 2 is 1.76 bits per heavy atom. The highest BCUT2D eigenvalue weighted by Gasteiger charge is 2.55. The Labute approximate surface area is 267 Å². The van der Waals surface area contributed by atoms with E-state index in [4.69, 9.17) is 14.3 Å². The Morgan fingerprint density at radius 3 is 2.35 bits per heavy atom. The number of carbonyl (C=O) groups excluding carboxylic acids is 4. The summed E-state index contributed by atoms with van der Waals surface area (Å²) in [5.74, 6) is -2.58. The van der Waals surface area contributed by atoms with Gasteiger partial charge in [0.05, 0.1) is 24.8 Å². The average Bonchev–Trinajstić information content (AvgIpc) is 3.44. The highest BCUT2D eigenvalue weighted by molar-refractivity contribution is 7.14. The number of aliphatic carboxylic acids is 1. The highest BCUT2D eigenvalue weighted by atomic mass is 32.1. The predicted octanol–water partition coefficient (Wildman–Crippen LogP) is 1.44. The van der Waals surface area contributed by atoms with Crippen LogP contribution in [0.1, 0.15) is 71.5 Å². The fourth-order valence-corrected chi connectivity index (χ4v) is 4.63. The summed E-state index contributed by atoms with van der Waals surface area (Å²) in [5, 5.41) is 33.9. The normalized spacial score (nSPS) is 18.8. The van der Waals surface area contributed by atoms with E-state index in [1.807, 2.05) is 0 Å². The summed E-state index contributed by atoms with van der Waals surface area (Å²) in [6.45, 7) is 12.2. The maximum atomic E-state index is 13.4. The first-order valence-electron chi connectivity index (χ1n) is 14.3. The van der Waals surface area contributed by atoms with Gasteiger partial charge in [0, 0.05) is 18.2 Å². The number of carboxylic acid groups (broad SMARTS) is 1. The number of carbonyl (C=O) groups is 5. The summed E-state index contributed by atoms with van der Waals surface area (Å²) in [6.07, 6.45) is -0.986. The van der Waals surface area contributed by atoms with Gasteiger partial charge in [-0.05, 0) is 48.5 Å². The number of aromatic nitrogens is 4. The molecule has 46 heavy (non-hydrogen) atoms. The van der Waals surface area contributed by atoms with Crippen LogP contribution in [-0.4, -0.2) is 89.7 Å². The lowest BCUT2D eigenvalue weighted by molar-refractivity contribution is -0.153. The van der Waals surface area contributed by atoms with Crippen LogP contribution in [0.25, 0.3) is 0 Å². The van der Waals surface area contributed by atoms with E-state index in [1.54, 1.807) is 48.5 Å². The van der Waals surface area contributed by atoms with Crippen LogP contribution >= 0.6 is 11.3 Å². The van der Waals surface area contributed by atoms with Crippen molar-refractivity contribution in [2.45, 2.75) is 103 Å². The van der Waals surface area contributed by atoms with E-state index in [9.17, 15) is 29.1 Å². The molecule has 0 spiro atoms. The minimum Gasteiger partial charge on any atom is -0.478 e. The molecule has 0 radical (unpaired) electrons. The van der Waals surface area contributed by atoms with Crippen LogP contribution in [0.4, 0.5) is 14.7 Å². The minimum atomic E-state index is -1.56. The summed E-state index contributed by atoms with van der Waals surface area (Å²) in [5.41, 5.74) is -2.39. The van der Waals surface area contributed by atoms with E-state index in [0.29, 0.717) is 11.4 Å². The van der Waals surface area contributed by atoms with Crippen LogP contribution in [0.3, 0.4) is 0 Å². The molecule has 2 aliphatic rings. The Kier molecular flexibility index (Phi) is 9.55. The lowest BCUT2D eigenvalue weighted by Gasteiger charge is -2.36. The molecule has 3 heterocycles. The molecule has 0 aromatic carbocycles. The average molecular weight is 664 g/mol. The second-order valence-electron chi connectivity index (χ2n) is 12.7. The van der Waals surface area contributed by atoms with Crippen LogP contribution in [0.2, 0.25) is 0 Å². The van der Waals surface area contributed by atoms with Crippen molar-refractivity contribution in [3.05, 3.63) is 22.5 Å². The Balaban J connectivity index is 1.44. The van der Waals surface area contributed by atoms with Crippen molar-refractivity contribution in [1.82, 2.24) is 35.9 Å². The molecule has 0 bridgehead atoms. The minimum absolute atomic E-state index is 0.0301. The number of anilines is 1. The van der Waals surface area contributed by atoms with Crippen LogP contribution < -0.4 is 21.3 Å². The molecule has 2 aromatic heterocycles. The van der Waals surface area contributed by atoms with E-state index in [2.05, 4.69) is 41.6 Å². The van der Waals surface area contributed by atoms with Crippen molar-refractivity contribution in [2.75, 3.05) is 5.32 Å². The topological polar surface area (TPSA) is 237 Å². The van der Waals surface area contributed by atoms with Gasteiger partial charge in [-0.15, -0.1) is 11.3 Å². The van der Waals surface area contributed by atoms with Gasteiger partial charge in [0.1, 0.15) is 28.6 Å². The lowest BCUT2D eigenvalue weighted by atomic mass is 9.98. The van der Waals surface area contributed by atoms with Crippen LogP contribution in [-0.2, 0) is 41.8 Å². The molecule has 5 N–H and O–H groups in total. The molecular formula is C27H37N9O9S. The van der Waals surface area contributed by atoms with Gasteiger partial charge in [-0.25, -0.2) is 19.4 Å². The van der Waals surface area contributed by atoms with Gasteiger partial charge in [0.25, 0.3) is 5.91 Å². The number of hydrogen-bond acceptors (Lipinski definition) is 13. The van der Waals surface area contributed by atoms with Crippen LogP contribution in [0.15, 0.2) is 10.5 Å². The third-order valence-corrected chi connectivity index (χ3v) is 7.11. The van der Waals surface area contributed by atoms with Gasteiger partial charge < -0.3 is 35.4 Å². The van der Waals surface area contributed by atoms with Gasteiger partial charge in [-0.2, -0.15) is 15.0 Å². The van der Waals surface area contributed by atoms with Crippen molar-refractivity contribution < 1.29 is 43.4 Å². The third-order valence-electron chi connectivity index (χ3n) is 6.35. The quantitative estimate of drug-likeness (QED) is 0.130. The molecule has 0 unspecified atom stereocenters. The molecular weight excluding hydrogens is 626 g/mol. The Hall–Kier alpha value is -4.81. The number of thiazole rings is 1. The largest absolute Gasteiger partial charge is 0.478 e. The van der Waals surface area contributed by atoms with E-state index >= 15 is 0 Å². The van der Waals surface area contributed by atoms with Crippen molar-refractivity contribution in [2.24, 2.45) is 5.16 Å². The van der Waals surface area contributed by atoms with Gasteiger partial charge >= 0.3 is 18.2 Å². The fraction of sp³-hybridized carbons (Fsp3) is 0.593. The number of hydrogen-bond donors (Lipinski definition) is 5. The van der Waals surface area contributed by atoms with Gasteiger partial charge in [0.15, 0.2) is 10.8 Å². The maximum Gasteiger partial charge on any atom is 0.413 e. The zero-order valence-corrected chi connectivity index (χ0v) is 27.2. The lowest BCUT2D eigenvalue weighted by Crippen LogP contribution is -2.70. The van der Waals surface area contributed by atoms with Crippen LogP contribution in [0, 0.1) is 6.92 Å². The van der Waals surface area contributed by atoms with Gasteiger partial charge in [-0.1, -0.05) is 5.16 Å². The fourth-order valence-electron chi connectivity index (χ4n) is 3.95. The van der Waals surface area contributed by atoms with E-state index in [-0.39, 0.29) is 36.8 Å². The molecule has 19 heteroatoms. The van der Waals surface area contributed by atoms with E-state index in [1.165, 1.54) is 10.2 Å². The molecule has 4 rings (SSSR count). The Bertz CT molecular complexity index is 1550. The second-order valence-corrected chi connectivity index (χ2v) is 13.6. The summed E-state index contributed by atoms with van der Waals surface area (Å²) in [7, 11) is 0. The molecule has 1 saturated carbocycles. The molecule has 1 aliphatic carbocycles. The number of aryl methyl sites for hydroxylation is 1. The molecule has 250 valence electrons. The summed E-state index contributed by atoms with van der Waals surface area (Å²) >= 11 is 0.969. The first-order chi connectivity index (χ1) is 21.3. The summed E-state index contributed by atoms with van der Waals surface area (Å²) < 4.78 is 10.4. The molecule has 2 atom stereocenters. The number of rotatable bonds is 11. The smallest absolute Gasteiger partial charge is 0.413 e. The number of ether oxygens (including phenoxy) is 2. The van der Waals surface area contributed by atoms with E-state index < -0.39 is 64.6 Å². The maximum absolute atomic E-state index is 13.4. The molecule has 2 aromatic rings. The highest BCUT2D eigenvalue weighted by Crippen LogP contribution is 2.40. The monoisotopic (exact) mass is 663 g/mol. The standard InChI is InChI=1S/C27H37N9O9S/c1-13-14(10-28-23(41)43-25(2,3)4)34-36(33-13)11-15-17(19(37)29-15)31-20(38)18(35-45-27(8-9-27)21(39)40)16-12-46-22(30-16)32-24(42)44-26(5,6)7/h12,15,17H,8-11H2,1-7H3,(H,28,41)(H,29,37)(H,31,38)(H,39,40)(H,30,32,42)/t15-,17+/m1/s1. The predicted molar refractivity (Wildman–Crippen MR) is 161 cm³/mol. The van der Waals surface area contributed by atoms with Gasteiger partial charge in [-0.3, -0.25) is 14.9 Å². The Morgan fingerprint density at radius 1 is 1.11 bits per heavy atom. The first-order valence-corrected chi connectivity index (χ1v) is 15.2. The molecule has 2 fully saturated rings. The number of amides is 4. The molecule has 18 nitrogen and oxygen atoms in total. The van der Waals surface area contributed by atoms with Crippen molar-refractivity contribution >= 4 is 52.2 Å². The number of nitrogens with one attached hydrogen (secondary N) is 4. The SMILES string of the molecule is Cc1nn(C[C@H]2NC(=O)[C@H]2NC(=O)C(=NOC2(C(=O)O)CC2)c2csc(NC(=O)OC(C)(C)C)n2)nc1CNC(=O)OC(C)(C)C. The number of β-lactam (4-membered cyclic amide) rings is 1. The molecule has 1 saturated heterocycles. The molecule has 1 aliphatic heterocycles. The van der Waals surface area contributed by atoms with Gasteiger partial charge in [0.2, 0.25) is 11.5 Å². The zero-order valence-electron chi connectivity index (χ0n) is 26.4. The number of carboxylic acids is 1. The first kappa shape index (κ1) is 34.1. The third kappa shape index (κ3) is 8.89. The number of oxime groups is 1. The summed E-state index contributed by atoms with van der Waals surface area (Å²) in [4.78, 5) is 72.6. The zero-order chi connectivity index (χ0) is 34.0. The second kappa shape index (κ2) is 12.9. The van der Waals surface area contributed by atoms with Crippen molar-refractivity contribution in [3.8, 4) is 0 Å². The number of nitrogens with zero attached hydrogens (tertiary/aromatic N) is 5. The molecule has 4 amide bonds. The number of alkyl carbamates (subject to hydrolysis) is 1.